The number of aromatic nitrogens is 2. The van der Waals surface area contributed by atoms with E-state index in [4.69, 9.17) is 0 Å². The van der Waals surface area contributed by atoms with E-state index < -0.39 is 5.97 Å². The lowest BCUT2D eigenvalue weighted by atomic mass is 10.3. The second-order valence-electron chi connectivity index (χ2n) is 3.40. The zero-order chi connectivity index (χ0) is 12.1. The van der Waals surface area contributed by atoms with Gasteiger partial charge in [0, 0.05) is 6.04 Å². The maximum atomic E-state index is 11.9. The summed E-state index contributed by atoms with van der Waals surface area (Å²) in [5, 5.41) is 0. The third-order valence-electron chi connectivity index (χ3n) is 1.99. The number of esters is 1. The summed E-state index contributed by atoms with van der Waals surface area (Å²) in [5.41, 5.74) is 0.252. The molecule has 1 amide bonds. The van der Waals surface area contributed by atoms with Crippen molar-refractivity contribution in [2.75, 3.05) is 13.7 Å². The van der Waals surface area contributed by atoms with Gasteiger partial charge < -0.3 is 9.64 Å². The largest absolute Gasteiger partial charge is 0.468 e. The first kappa shape index (κ1) is 12.6. The third-order valence-corrected chi connectivity index (χ3v) is 2.47. The van der Waals surface area contributed by atoms with Crippen LogP contribution in [0.25, 0.3) is 0 Å². The highest BCUT2D eigenvalue weighted by Gasteiger charge is 2.23. The van der Waals surface area contributed by atoms with E-state index >= 15 is 0 Å². The molecule has 1 aromatic heterocycles. The van der Waals surface area contributed by atoms with Crippen molar-refractivity contribution in [1.29, 1.82) is 0 Å². The Bertz CT molecular complexity index is 364. The maximum absolute atomic E-state index is 11.9. The fourth-order valence-corrected chi connectivity index (χ4v) is 1.51. The molecular formula is C9H13N3O3S. The van der Waals surface area contributed by atoms with E-state index in [1.165, 1.54) is 18.2 Å². The van der Waals surface area contributed by atoms with Crippen LogP contribution in [-0.4, -0.2) is 45.2 Å². The zero-order valence-electron chi connectivity index (χ0n) is 9.34. The molecule has 0 saturated heterocycles. The molecule has 0 aliphatic heterocycles. The predicted octanol–water partition coefficient (Wildman–Crippen LogP) is 0.562. The average Bonchev–Trinajstić information content (AvgIpc) is 2.77. The van der Waals surface area contributed by atoms with Gasteiger partial charge in [-0.1, -0.05) is 0 Å². The van der Waals surface area contributed by atoms with Crippen molar-refractivity contribution in [3.63, 3.8) is 0 Å². The van der Waals surface area contributed by atoms with E-state index in [2.05, 4.69) is 13.5 Å². The minimum absolute atomic E-state index is 0.0788. The van der Waals surface area contributed by atoms with Crippen LogP contribution in [0, 0.1) is 0 Å². The molecule has 0 bridgehead atoms. The minimum atomic E-state index is -0.453. The van der Waals surface area contributed by atoms with Crippen LogP contribution < -0.4 is 0 Å². The van der Waals surface area contributed by atoms with Gasteiger partial charge in [-0.25, -0.2) is 0 Å². The van der Waals surface area contributed by atoms with Crippen molar-refractivity contribution in [1.82, 2.24) is 13.6 Å². The predicted molar refractivity (Wildman–Crippen MR) is 58.1 cm³/mol. The molecule has 6 nitrogen and oxygen atoms in total. The molecule has 0 aliphatic carbocycles. The average molecular weight is 243 g/mol. The molecule has 0 radical (unpaired) electrons. The molecule has 7 heteroatoms. The number of rotatable bonds is 4. The standard InChI is InChI=1S/C9H13N3O3S/c1-6(2)12(5-8(13)15-3)9(14)7-4-10-16-11-7/h4,6H,5H2,1-3H3. The Morgan fingerprint density at radius 1 is 1.56 bits per heavy atom. The number of hydrogen-bond donors (Lipinski definition) is 0. The fraction of sp³-hybridized carbons (Fsp3) is 0.556. The molecule has 1 rings (SSSR count). The Kier molecular flexibility index (Phi) is 4.36. The Morgan fingerprint density at radius 3 is 2.69 bits per heavy atom. The van der Waals surface area contributed by atoms with Gasteiger partial charge in [0.25, 0.3) is 5.91 Å². The summed E-state index contributed by atoms with van der Waals surface area (Å²) in [7, 11) is 1.29. The van der Waals surface area contributed by atoms with Gasteiger partial charge in [0.15, 0.2) is 5.69 Å². The van der Waals surface area contributed by atoms with Crippen molar-refractivity contribution in [3.05, 3.63) is 11.9 Å². The third kappa shape index (κ3) is 2.99. The molecular weight excluding hydrogens is 230 g/mol. The number of nitrogens with zero attached hydrogens (tertiary/aromatic N) is 3. The van der Waals surface area contributed by atoms with Crippen molar-refractivity contribution < 1.29 is 14.3 Å². The Labute approximate surface area is 97.5 Å². The summed E-state index contributed by atoms with van der Waals surface area (Å²) < 4.78 is 12.1. The maximum Gasteiger partial charge on any atom is 0.325 e. The van der Waals surface area contributed by atoms with E-state index in [0.29, 0.717) is 0 Å². The molecule has 0 unspecified atom stereocenters. The normalized spacial score (nSPS) is 10.2. The van der Waals surface area contributed by atoms with Gasteiger partial charge in [0.2, 0.25) is 0 Å². The van der Waals surface area contributed by atoms with Crippen LogP contribution in [0.1, 0.15) is 24.3 Å². The molecule has 1 heterocycles. The lowest BCUT2D eigenvalue weighted by Crippen LogP contribution is -2.41. The number of methoxy groups -OCH3 is 1. The molecule has 0 saturated carbocycles. The molecule has 0 atom stereocenters. The second-order valence-corrected chi connectivity index (χ2v) is 3.95. The van der Waals surface area contributed by atoms with Gasteiger partial charge >= 0.3 is 5.97 Å². The first-order valence-electron chi connectivity index (χ1n) is 4.71. The molecule has 0 aliphatic rings. The second kappa shape index (κ2) is 5.55. The van der Waals surface area contributed by atoms with Crippen molar-refractivity contribution in [3.8, 4) is 0 Å². The van der Waals surface area contributed by atoms with Crippen LogP contribution >= 0.6 is 11.7 Å². The minimum Gasteiger partial charge on any atom is -0.468 e. The number of amides is 1. The lowest BCUT2D eigenvalue weighted by Gasteiger charge is -2.24. The summed E-state index contributed by atoms with van der Waals surface area (Å²) in [6.45, 7) is 3.56. The van der Waals surface area contributed by atoms with Gasteiger partial charge in [0.1, 0.15) is 6.54 Å². The van der Waals surface area contributed by atoms with Crippen molar-refractivity contribution in [2.45, 2.75) is 19.9 Å². The molecule has 0 N–H and O–H groups in total. The van der Waals surface area contributed by atoms with E-state index in [9.17, 15) is 9.59 Å². The van der Waals surface area contributed by atoms with Crippen LogP contribution in [0.2, 0.25) is 0 Å². The first-order valence-corrected chi connectivity index (χ1v) is 5.44. The van der Waals surface area contributed by atoms with Crippen LogP contribution in [0.4, 0.5) is 0 Å². The van der Waals surface area contributed by atoms with E-state index in [1.54, 1.807) is 0 Å². The van der Waals surface area contributed by atoms with E-state index in [-0.39, 0.29) is 24.2 Å². The highest BCUT2D eigenvalue weighted by atomic mass is 32.1. The van der Waals surface area contributed by atoms with Gasteiger partial charge in [-0.3, -0.25) is 9.59 Å². The summed E-state index contributed by atoms with van der Waals surface area (Å²) in [6.07, 6.45) is 1.39. The highest BCUT2D eigenvalue weighted by molar-refractivity contribution is 6.99. The topological polar surface area (TPSA) is 72.4 Å². The van der Waals surface area contributed by atoms with Gasteiger partial charge in [-0.05, 0) is 13.8 Å². The van der Waals surface area contributed by atoms with Crippen LogP contribution in [-0.2, 0) is 9.53 Å². The summed E-state index contributed by atoms with van der Waals surface area (Å²) in [4.78, 5) is 24.5. The smallest absolute Gasteiger partial charge is 0.325 e. The monoisotopic (exact) mass is 243 g/mol. The van der Waals surface area contributed by atoms with Crippen molar-refractivity contribution in [2.24, 2.45) is 0 Å². The number of carbonyl (C=O) groups excluding carboxylic acids is 2. The van der Waals surface area contributed by atoms with Gasteiger partial charge in [0.05, 0.1) is 25.0 Å². The molecule has 0 fully saturated rings. The SMILES string of the molecule is COC(=O)CN(C(=O)c1cnsn1)C(C)C. The van der Waals surface area contributed by atoms with Crippen LogP contribution in [0.5, 0.6) is 0 Å². The molecule has 16 heavy (non-hydrogen) atoms. The van der Waals surface area contributed by atoms with E-state index in [0.717, 1.165) is 11.7 Å². The highest BCUT2D eigenvalue weighted by Crippen LogP contribution is 2.06. The van der Waals surface area contributed by atoms with E-state index in [1.807, 2.05) is 13.8 Å². The summed E-state index contributed by atoms with van der Waals surface area (Å²) in [6, 6.07) is -0.103. The number of carbonyl (C=O) groups is 2. The zero-order valence-corrected chi connectivity index (χ0v) is 10.2. The summed E-state index contributed by atoms with van der Waals surface area (Å²) >= 11 is 0.958. The Balaban J connectivity index is 2.78. The number of ether oxygens (including phenoxy) is 1. The number of hydrogen-bond acceptors (Lipinski definition) is 6. The lowest BCUT2D eigenvalue weighted by molar-refractivity contribution is -0.141. The Hall–Kier alpha value is -1.50. The van der Waals surface area contributed by atoms with Crippen molar-refractivity contribution >= 4 is 23.6 Å². The molecule has 0 aromatic carbocycles. The molecule has 88 valence electrons. The Morgan fingerprint density at radius 2 is 2.25 bits per heavy atom. The van der Waals surface area contributed by atoms with Crippen LogP contribution in [0.3, 0.4) is 0 Å². The molecule has 0 spiro atoms. The van der Waals surface area contributed by atoms with Gasteiger partial charge in [-0.15, -0.1) is 0 Å². The molecule has 1 aromatic rings. The summed E-state index contributed by atoms with van der Waals surface area (Å²) in [5.74, 6) is -0.764. The quantitative estimate of drug-likeness (QED) is 0.722. The van der Waals surface area contributed by atoms with Crippen LogP contribution in [0.15, 0.2) is 6.20 Å². The first-order chi connectivity index (χ1) is 7.56. The van der Waals surface area contributed by atoms with Gasteiger partial charge in [-0.2, -0.15) is 8.75 Å². The fourth-order valence-electron chi connectivity index (χ4n) is 1.10.